The quantitative estimate of drug-likeness (QED) is 0.0282. The number of carboxylic acid groups (broad SMARTS) is 1. The summed E-state index contributed by atoms with van der Waals surface area (Å²) in [6.07, 6.45) is -0.00928. The van der Waals surface area contributed by atoms with Crippen LogP contribution in [0.2, 0.25) is 0 Å². The second-order valence-corrected chi connectivity index (χ2v) is 28.0. The van der Waals surface area contributed by atoms with E-state index >= 15 is 14.4 Å². The van der Waals surface area contributed by atoms with Crippen molar-refractivity contribution < 1.29 is 87.2 Å². The summed E-state index contributed by atoms with van der Waals surface area (Å²) in [5, 5.41) is 59.9. The van der Waals surface area contributed by atoms with Crippen LogP contribution in [0.1, 0.15) is 143 Å². The highest BCUT2D eigenvalue weighted by Gasteiger charge is 2.46. The topological polar surface area (TPSA) is 549 Å². The number of hydrogen-bond donors (Lipinski definition) is 17. The number of carbonyl (C=O) groups excluding carboxylic acids is 14. The summed E-state index contributed by atoms with van der Waals surface area (Å²) < 4.78 is 0. The minimum atomic E-state index is -1.95. The van der Waals surface area contributed by atoms with Gasteiger partial charge in [-0.25, -0.2) is 0 Å². The van der Waals surface area contributed by atoms with Crippen molar-refractivity contribution in [3.63, 3.8) is 0 Å². The molecule has 0 unspecified atom stereocenters. The van der Waals surface area contributed by atoms with Crippen molar-refractivity contribution in [2.45, 2.75) is 228 Å². The molecule has 14 amide bonds. The van der Waals surface area contributed by atoms with Gasteiger partial charge in [-0.1, -0.05) is 70.2 Å². The number of rotatable bonds is 18. The van der Waals surface area contributed by atoms with E-state index in [-0.39, 0.29) is 121 Å². The van der Waals surface area contributed by atoms with Crippen LogP contribution in [-0.2, 0) is 78.3 Å². The number of nitrogens with two attached hydrogens (primary N) is 3. The van der Waals surface area contributed by atoms with Gasteiger partial charge >= 0.3 is 5.97 Å². The first-order chi connectivity index (χ1) is 49.9. The lowest BCUT2D eigenvalue weighted by Gasteiger charge is -2.34. The van der Waals surface area contributed by atoms with Crippen molar-refractivity contribution in [1.29, 1.82) is 0 Å². The lowest BCUT2D eigenvalue weighted by molar-refractivity contribution is -0.148. The Morgan fingerprint density at radius 3 is 1.54 bits per heavy atom. The van der Waals surface area contributed by atoms with Gasteiger partial charge in [-0.3, -0.25) is 76.9 Å². The number of amides is 14. The van der Waals surface area contributed by atoms with Gasteiger partial charge in [-0.05, 0) is 127 Å². The van der Waals surface area contributed by atoms with Gasteiger partial charge in [0.1, 0.15) is 78.5 Å². The zero-order valence-electron chi connectivity index (χ0n) is 60.2. The second kappa shape index (κ2) is 41.0. The Labute approximate surface area is 609 Å². The molecule has 1 aromatic carbocycles. The van der Waals surface area contributed by atoms with Crippen LogP contribution in [0.3, 0.4) is 0 Å². The molecule has 36 heteroatoms. The molecule has 580 valence electrons. The van der Waals surface area contributed by atoms with E-state index in [4.69, 9.17) is 17.2 Å². The lowest BCUT2D eigenvalue weighted by atomic mass is 10.0. The average molecular weight is 1480 g/mol. The Bertz CT molecular complexity index is 3330. The fraction of sp³-hybridized carbons (Fsp3) is 0.652. The number of aliphatic imine (C=N–C) groups is 1. The minimum Gasteiger partial charge on any atom is -0.481 e. The van der Waals surface area contributed by atoms with Crippen LogP contribution in [0, 0.1) is 11.8 Å². The molecule has 105 heavy (non-hydrogen) atoms. The number of hydrogen-bond acceptors (Lipinski definition) is 19. The van der Waals surface area contributed by atoms with Gasteiger partial charge in [0.05, 0.1) is 25.7 Å². The highest BCUT2D eigenvalue weighted by atomic mass is 16.4. The van der Waals surface area contributed by atoms with Crippen molar-refractivity contribution in [2.75, 3.05) is 45.9 Å². The first kappa shape index (κ1) is 84.1. The molecule has 0 saturated carbocycles. The lowest BCUT2D eigenvalue weighted by Crippen LogP contribution is -2.62. The predicted molar refractivity (Wildman–Crippen MR) is 378 cm³/mol. The number of fused-ring (bicyclic) bond motifs is 7. The zero-order valence-corrected chi connectivity index (χ0v) is 60.2. The van der Waals surface area contributed by atoms with Crippen molar-refractivity contribution in [3.8, 4) is 0 Å². The normalized spacial score (nSPS) is 28.2. The summed E-state index contributed by atoms with van der Waals surface area (Å²) in [6.45, 7) is 6.45. The van der Waals surface area contributed by atoms with Crippen molar-refractivity contribution in [3.05, 3.63) is 48.0 Å². The van der Waals surface area contributed by atoms with Gasteiger partial charge in [0, 0.05) is 32.6 Å². The molecule has 20 N–H and O–H groups in total. The van der Waals surface area contributed by atoms with Crippen LogP contribution >= 0.6 is 0 Å². The Morgan fingerprint density at radius 2 is 0.981 bits per heavy atom. The maximum Gasteiger partial charge on any atom is 0.305 e. The molecule has 5 aliphatic rings. The summed E-state index contributed by atoms with van der Waals surface area (Å²) in [5.74, 6) is -15.7. The molecular weight excluding hydrogens is 1370 g/mol. The predicted octanol–water partition coefficient (Wildman–Crippen LogP) is -5.35. The molecule has 3 fully saturated rings. The smallest absolute Gasteiger partial charge is 0.305 e. The van der Waals surface area contributed by atoms with Gasteiger partial charge in [0.15, 0.2) is 5.96 Å². The standard InChI is InChI=1S/C69H106N18O18/c1-37(2)31-45-61(98)77-42-19-9-10-20-44(76-57(94)41(22-13-27-73-69(71)72)75-53(90)35-74-56(93)46(34-54(91)92)80-63(100)50-23-14-28-85(50)67(104)48(82-58(42)95)33-40-17-7-6-8-18-40)60(97)84-55(39(5)89)65(102)78-43(21-11-12-26-70)59(96)83-49(36-88)62(99)81-47(32-38(3)4)66(103)87-30-16-25-52(87)68(105)86-29-15-24-51(86)64(101)79-45/h6-10,17-18,37-39,41-52,55,88-89H,11-16,19-36,70H2,1-5H3,(H,74,93)(H,75,90)(H,76,94)(H,77,98)(H,78,102)(H,79,101)(H,80,100)(H,81,99)(H,82,95)(H,83,96)(H,84,97)(H,91,92)(H4,71,72,73)/b10-9-/t39-,41+,42+,43+,44+,45+,46+,47+,48+,49+,50+,51+,52+,55+/m1/s1. The highest BCUT2D eigenvalue weighted by Crippen LogP contribution is 2.28. The van der Waals surface area contributed by atoms with E-state index < -0.39 is 206 Å². The Balaban J connectivity index is 1.52. The van der Waals surface area contributed by atoms with Gasteiger partial charge in [-0.2, -0.15) is 0 Å². The second-order valence-electron chi connectivity index (χ2n) is 28.0. The molecule has 3 saturated heterocycles. The monoisotopic (exact) mass is 1470 g/mol. The molecule has 6 rings (SSSR count). The van der Waals surface area contributed by atoms with Crippen molar-refractivity contribution in [2.24, 2.45) is 34.0 Å². The molecular formula is C69H106N18O18. The van der Waals surface area contributed by atoms with E-state index in [2.05, 4.69) is 63.5 Å². The number of carbonyl (C=O) groups is 15. The molecule has 5 heterocycles. The third-order valence-electron chi connectivity index (χ3n) is 18.7. The van der Waals surface area contributed by atoms with E-state index in [0.717, 1.165) is 6.92 Å². The largest absolute Gasteiger partial charge is 0.481 e. The summed E-state index contributed by atoms with van der Waals surface area (Å²) in [4.78, 5) is 225. The van der Waals surface area contributed by atoms with Crippen LogP contribution in [0.5, 0.6) is 0 Å². The number of aliphatic hydroxyl groups is 2. The first-order valence-corrected chi connectivity index (χ1v) is 36.1. The van der Waals surface area contributed by atoms with Crippen LogP contribution in [-0.4, -0.2) is 255 Å². The van der Waals surface area contributed by atoms with Crippen molar-refractivity contribution in [1.82, 2.24) is 73.2 Å². The molecule has 0 radical (unpaired) electrons. The third kappa shape index (κ3) is 25.2. The van der Waals surface area contributed by atoms with Crippen LogP contribution in [0.25, 0.3) is 0 Å². The van der Waals surface area contributed by atoms with Gasteiger partial charge in [0.2, 0.25) is 82.7 Å². The fourth-order valence-electron chi connectivity index (χ4n) is 13.3. The number of nitrogens with one attached hydrogen (secondary N) is 11. The average Bonchev–Trinajstić information content (AvgIpc) is 1.67. The van der Waals surface area contributed by atoms with E-state index in [1.165, 1.54) is 26.9 Å². The maximum atomic E-state index is 15.3. The third-order valence-corrected chi connectivity index (χ3v) is 18.7. The molecule has 36 nitrogen and oxygen atoms in total. The number of aliphatic carboxylic acids is 1. The number of unbranched alkanes of at least 4 members (excludes halogenated alkanes) is 1. The SMILES string of the molecule is CC(C)C[C@@H]1NC(=O)[C@@H]2CCCN2C(=O)[C@@H]2CCCN2C(=O)[C@H](CC(C)C)NC(=O)[C@H](CO)NC(=O)[C@H](CCCCN)NC(=O)[C@H]([C@@H](C)O)NC(=O)[C@@H]2C/C=C\C[C@H](NC1=O)C(=O)N[C@@H](Cc1ccccc1)C(=O)N1CCC[C@H]1C(=O)N[C@@H](CC(=O)O)C(=O)NCC(=O)N[C@@H](CCCN=C(N)N)C(=O)N2. The van der Waals surface area contributed by atoms with Gasteiger partial charge < -0.3 is 106 Å². The van der Waals surface area contributed by atoms with E-state index in [9.17, 15) is 72.9 Å². The summed E-state index contributed by atoms with van der Waals surface area (Å²) in [5.41, 5.74) is 17.5. The molecule has 0 spiro atoms. The van der Waals surface area contributed by atoms with Crippen LogP contribution < -0.4 is 75.7 Å². The van der Waals surface area contributed by atoms with Gasteiger partial charge in [-0.15, -0.1) is 0 Å². The molecule has 0 aliphatic carbocycles. The Hall–Kier alpha value is -9.84. The van der Waals surface area contributed by atoms with Crippen LogP contribution in [0.4, 0.5) is 0 Å². The molecule has 2 bridgehead atoms. The van der Waals surface area contributed by atoms with E-state index in [0.29, 0.717) is 24.8 Å². The first-order valence-electron chi connectivity index (χ1n) is 36.1. The Morgan fingerprint density at radius 1 is 0.514 bits per heavy atom. The number of nitrogens with zero attached hydrogens (tertiary/aromatic N) is 4. The number of carboxylic acids is 1. The molecule has 5 aliphatic heterocycles. The molecule has 0 aromatic heterocycles. The van der Waals surface area contributed by atoms with Gasteiger partial charge in [0.25, 0.3) is 0 Å². The molecule has 1 aromatic rings. The van der Waals surface area contributed by atoms with Crippen molar-refractivity contribution >= 4 is 94.6 Å². The summed E-state index contributed by atoms with van der Waals surface area (Å²) in [7, 11) is 0. The maximum absolute atomic E-state index is 15.3. The molecule has 14 atom stereocenters. The number of guanidine groups is 1. The minimum absolute atomic E-state index is 0.0138. The Kier molecular flexibility index (Phi) is 32.8. The van der Waals surface area contributed by atoms with Crippen LogP contribution in [0.15, 0.2) is 47.5 Å². The fourth-order valence-corrected chi connectivity index (χ4v) is 13.3. The highest BCUT2D eigenvalue weighted by molar-refractivity contribution is 6.01. The zero-order chi connectivity index (χ0) is 77.2. The van der Waals surface area contributed by atoms with E-state index in [1.54, 1.807) is 58.0 Å². The number of benzene rings is 1. The summed E-state index contributed by atoms with van der Waals surface area (Å²) >= 11 is 0. The van der Waals surface area contributed by atoms with E-state index in [1.807, 2.05) is 0 Å². The summed E-state index contributed by atoms with van der Waals surface area (Å²) in [6, 6.07) is -11.6. The number of aliphatic hydroxyl groups excluding tert-OH is 2.